The van der Waals surface area contributed by atoms with Gasteiger partial charge in [-0.15, -0.1) is 0 Å². The number of carboxylic acid groups (broad SMARTS) is 1. The van der Waals surface area contributed by atoms with Crippen LogP contribution in [0.2, 0.25) is 0 Å². The normalized spacial score (nSPS) is 14.0. The highest BCUT2D eigenvalue weighted by Gasteiger charge is 2.31. The molecule has 1 aliphatic heterocycles. The topological polar surface area (TPSA) is 83.1 Å². The monoisotopic (exact) mass is 365 g/mol. The molecule has 0 saturated carbocycles. The molecule has 0 atom stereocenters. The number of anilines is 1. The van der Waals surface area contributed by atoms with E-state index in [9.17, 15) is 9.90 Å². The minimum Gasteiger partial charge on any atom is -0.487 e. The van der Waals surface area contributed by atoms with Crippen molar-refractivity contribution >= 4 is 11.7 Å². The second-order valence-corrected chi connectivity index (χ2v) is 6.46. The van der Waals surface area contributed by atoms with Crippen molar-refractivity contribution in [1.82, 2.24) is 0 Å². The van der Waals surface area contributed by atoms with E-state index in [0.29, 0.717) is 18.7 Å². The van der Waals surface area contributed by atoms with Gasteiger partial charge in [0.25, 0.3) is 0 Å². The number of carbonyl (C=O) groups is 1. The van der Waals surface area contributed by atoms with Crippen LogP contribution in [0, 0.1) is 0 Å². The lowest BCUT2D eigenvalue weighted by atomic mass is 9.97. The lowest BCUT2D eigenvalue weighted by Crippen LogP contribution is -2.54. The van der Waals surface area contributed by atoms with E-state index >= 15 is 0 Å². The van der Waals surface area contributed by atoms with Crippen LogP contribution in [0.25, 0.3) is 11.1 Å². The van der Waals surface area contributed by atoms with Crippen LogP contribution >= 0.6 is 0 Å². The smallest absolute Gasteiger partial charge is 0.336 e. The third-order valence-corrected chi connectivity index (χ3v) is 4.68. The van der Waals surface area contributed by atoms with Crippen LogP contribution in [-0.2, 0) is 6.61 Å². The first-order valence-electron chi connectivity index (χ1n) is 8.66. The molecule has 27 heavy (non-hydrogen) atoms. The number of hydrogen-bond acceptors (Lipinski definition) is 5. The van der Waals surface area contributed by atoms with Crippen LogP contribution in [0.4, 0.5) is 5.69 Å². The quantitative estimate of drug-likeness (QED) is 0.697. The molecule has 2 aromatic carbocycles. The zero-order chi connectivity index (χ0) is 18.8. The van der Waals surface area contributed by atoms with Gasteiger partial charge in [-0.2, -0.15) is 0 Å². The van der Waals surface area contributed by atoms with Gasteiger partial charge in [0.15, 0.2) is 0 Å². The zero-order valence-corrected chi connectivity index (χ0v) is 14.5. The second kappa shape index (κ2) is 7.17. The van der Waals surface area contributed by atoms with E-state index in [-0.39, 0.29) is 18.3 Å². The van der Waals surface area contributed by atoms with Crippen molar-refractivity contribution in [3.8, 4) is 16.9 Å². The average molecular weight is 365 g/mol. The van der Waals surface area contributed by atoms with E-state index in [1.54, 1.807) is 24.5 Å². The first kappa shape index (κ1) is 17.2. The molecule has 1 fully saturated rings. The molecule has 1 saturated heterocycles. The first-order valence-corrected chi connectivity index (χ1v) is 8.66. The van der Waals surface area contributed by atoms with Gasteiger partial charge in [-0.05, 0) is 35.9 Å². The molecule has 6 heteroatoms. The molecule has 0 unspecified atom stereocenters. The fourth-order valence-electron chi connectivity index (χ4n) is 3.27. The molecule has 1 aliphatic rings. The number of aromatic carboxylic acids is 1. The summed E-state index contributed by atoms with van der Waals surface area (Å²) in [7, 11) is 0. The van der Waals surface area contributed by atoms with Crippen LogP contribution < -0.4 is 9.64 Å². The number of benzene rings is 2. The van der Waals surface area contributed by atoms with E-state index in [0.717, 1.165) is 22.6 Å². The van der Waals surface area contributed by atoms with Gasteiger partial charge in [-0.3, -0.25) is 0 Å². The summed E-state index contributed by atoms with van der Waals surface area (Å²) in [6.07, 6.45) is 3.12. The fourth-order valence-corrected chi connectivity index (χ4v) is 3.27. The molecule has 0 aliphatic carbocycles. The molecule has 0 amide bonds. The number of furan rings is 1. The molecule has 0 spiro atoms. The summed E-state index contributed by atoms with van der Waals surface area (Å²) in [5, 5.41) is 18.7. The Morgan fingerprint density at radius 1 is 1.15 bits per heavy atom. The molecule has 6 nitrogen and oxygen atoms in total. The van der Waals surface area contributed by atoms with Crippen LogP contribution in [-0.4, -0.2) is 35.4 Å². The Hall–Kier alpha value is -3.25. The van der Waals surface area contributed by atoms with Crippen molar-refractivity contribution in [2.24, 2.45) is 0 Å². The lowest BCUT2D eigenvalue weighted by Gasteiger charge is -2.41. The van der Waals surface area contributed by atoms with Crippen molar-refractivity contribution in [1.29, 1.82) is 0 Å². The lowest BCUT2D eigenvalue weighted by molar-refractivity contribution is 0.0697. The summed E-state index contributed by atoms with van der Waals surface area (Å²) < 4.78 is 11.1. The summed E-state index contributed by atoms with van der Waals surface area (Å²) in [6.45, 7) is 1.33. The number of aliphatic hydroxyl groups excluding tert-OH is 1. The number of ether oxygens (including phenoxy) is 1. The number of carboxylic acids is 1. The van der Waals surface area contributed by atoms with Crippen molar-refractivity contribution in [3.05, 3.63) is 72.2 Å². The molecule has 3 aromatic rings. The minimum atomic E-state index is -0.967. The van der Waals surface area contributed by atoms with Gasteiger partial charge >= 0.3 is 5.97 Å². The third-order valence-electron chi connectivity index (χ3n) is 4.68. The third kappa shape index (κ3) is 3.39. The molecule has 2 N–H and O–H groups in total. The van der Waals surface area contributed by atoms with Gasteiger partial charge in [-0.1, -0.05) is 18.2 Å². The van der Waals surface area contributed by atoms with Crippen molar-refractivity contribution < 1.29 is 24.2 Å². The molecular weight excluding hydrogens is 346 g/mol. The highest BCUT2D eigenvalue weighted by molar-refractivity contribution is 6.00. The molecular formula is C21H19NO5. The summed E-state index contributed by atoms with van der Waals surface area (Å²) in [5.41, 5.74) is 3.34. The summed E-state index contributed by atoms with van der Waals surface area (Å²) in [5.74, 6) is -0.212. The molecule has 0 bridgehead atoms. The number of nitrogens with zero attached hydrogens (tertiary/aromatic N) is 1. The van der Waals surface area contributed by atoms with Gasteiger partial charge in [0, 0.05) is 16.8 Å². The van der Waals surface area contributed by atoms with Gasteiger partial charge in [0.2, 0.25) is 0 Å². The highest BCUT2D eigenvalue weighted by Crippen LogP contribution is 2.37. The number of hydrogen-bond donors (Lipinski definition) is 2. The molecule has 138 valence electrons. The maximum absolute atomic E-state index is 11.7. The Balaban J connectivity index is 1.52. The Morgan fingerprint density at radius 3 is 2.56 bits per heavy atom. The molecule has 2 heterocycles. The Morgan fingerprint density at radius 2 is 1.93 bits per heavy atom. The van der Waals surface area contributed by atoms with E-state index in [1.165, 1.54) is 6.26 Å². The zero-order valence-electron chi connectivity index (χ0n) is 14.5. The summed E-state index contributed by atoms with van der Waals surface area (Å²) in [4.78, 5) is 13.8. The largest absolute Gasteiger partial charge is 0.487 e. The fraction of sp³-hybridized carbons (Fsp3) is 0.190. The predicted octanol–water partition coefficient (Wildman–Crippen LogP) is 3.40. The van der Waals surface area contributed by atoms with Crippen LogP contribution in [0.3, 0.4) is 0 Å². The van der Waals surface area contributed by atoms with Crippen molar-refractivity contribution in [3.63, 3.8) is 0 Å². The Bertz CT molecular complexity index is 928. The first-order chi connectivity index (χ1) is 13.2. The van der Waals surface area contributed by atoms with Crippen LogP contribution in [0.15, 0.2) is 65.5 Å². The minimum absolute atomic E-state index is 0.00813. The van der Waals surface area contributed by atoms with Gasteiger partial charge < -0.3 is 24.3 Å². The van der Waals surface area contributed by atoms with Crippen LogP contribution in [0.5, 0.6) is 5.75 Å². The maximum Gasteiger partial charge on any atom is 0.336 e. The van der Waals surface area contributed by atoms with E-state index in [2.05, 4.69) is 4.90 Å². The summed E-state index contributed by atoms with van der Waals surface area (Å²) in [6, 6.07) is 14.4. The SMILES string of the molecule is O=C(O)c1cccc(N2CC(Oc3ccc(CO)cc3)C2)c1-c1ccoc1. The summed E-state index contributed by atoms with van der Waals surface area (Å²) >= 11 is 0. The van der Waals surface area contributed by atoms with Gasteiger partial charge in [-0.25, -0.2) is 4.79 Å². The number of rotatable bonds is 6. The van der Waals surface area contributed by atoms with Gasteiger partial charge in [0.05, 0.1) is 37.8 Å². The molecule has 4 rings (SSSR count). The van der Waals surface area contributed by atoms with Crippen LogP contribution in [0.1, 0.15) is 15.9 Å². The van der Waals surface area contributed by atoms with E-state index in [4.69, 9.17) is 14.3 Å². The highest BCUT2D eigenvalue weighted by atomic mass is 16.5. The number of aliphatic hydroxyl groups is 1. The van der Waals surface area contributed by atoms with Crippen molar-refractivity contribution in [2.75, 3.05) is 18.0 Å². The Kier molecular flexibility index (Phi) is 4.56. The molecule has 1 aromatic heterocycles. The van der Waals surface area contributed by atoms with Crippen molar-refractivity contribution in [2.45, 2.75) is 12.7 Å². The van der Waals surface area contributed by atoms with Gasteiger partial charge in [0.1, 0.15) is 11.9 Å². The predicted molar refractivity (Wildman–Crippen MR) is 100 cm³/mol. The molecule has 0 radical (unpaired) electrons. The van der Waals surface area contributed by atoms with E-state index in [1.807, 2.05) is 30.3 Å². The van der Waals surface area contributed by atoms with E-state index < -0.39 is 5.97 Å². The average Bonchev–Trinajstić information content (AvgIpc) is 3.18. The standard InChI is InChI=1S/C21H19NO5/c23-12-14-4-6-16(7-5-14)27-17-10-22(11-17)19-3-1-2-18(21(24)25)20(19)15-8-9-26-13-15/h1-9,13,17,23H,10-12H2,(H,24,25). The Labute approximate surface area is 156 Å². The second-order valence-electron chi connectivity index (χ2n) is 6.46. The maximum atomic E-state index is 11.7.